The Morgan fingerprint density at radius 1 is 1.12 bits per heavy atom. The normalized spacial score (nSPS) is 19.2. The van der Waals surface area contributed by atoms with Crippen LogP contribution < -0.4 is 10.1 Å². The molecule has 5 heteroatoms. The van der Waals surface area contributed by atoms with Crippen LogP contribution >= 0.6 is 11.8 Å². The van der Waals surface area contributed by atoms with Crippen molar-refractivity contribution in [2.75, 3.05) is 6.61 Å². The van der Waals surface area contributed by atoms with Gasteiger partial charge in [0.15, 0.2) is 5.17 Å². The van der Waals surface area contributed by atoms with Gasteiger partial charge in [-0.05, 0) is 60.5 Å². The summed E-state index contributed by atoms with van der Waals surface area (Å²) in [6.07, 6.45) is 3.93. The third kappa shape index (κ3) is 3.30. The lowest BCUT2D eigenvalue weighted by Crippen LogP contribution is -2.19. The predicted molar refractivity (Wildman–Crippen MR) is 107 cm³/mol. The summed E-state index contributed by atoms with van der Waals surface area (Å²) in [5.41, 5.74) is 5.08. The zero-order valence-corrected chi connectivity index (χ0v) is 15.4. The lowest BCUT2D eigenvalue weighted by atomic mass is 10.1. The van der Waals surface area contributed by atoms with E-state index in [-0.39, 0.29) is 5.91 Å². The number of amidine groups is 1. The molecule has 2 aromatic carbocycles. The van der Waals surface area contributed by atoms with Gasteiger partial charge in [0.1, 0.15) is 12.4 Å². The van der Waals surface area contributed by atoms with E-state index in [4.69, 9.17) is 4.74 Å². The maximum absolute atomic E-state index is 12.3. The van der Waals surface area contributed by atoms with E-state index in [1.54, 1.807) is 0 Å². The van der Waals surface area contributed by atoms with Crippen molar-refractivity contribution < 1.29 is 9.53 Å². The van der Waals surface area contributed by atoms with Crippen LogP contribution in [0.2, 0.25) is 0 Å². The first-order chi connectivity index (χ1) is 12.6. The molecule has 4 nitrogen and oxygen atoms in total. The van der Waals surface area contributed by atoms with E-state index in [0.29, 0.717) is 16.7 Å². The van der Waals surface area contributed by atoms with Crippen LogP contribution in [0.3, 0.4) is 0 Å². The number of hydrogen-bond donors (Lipinski definition) is 1. The van der Waals surface area contributed by atoms with Crippen molar-refractivity contribution in [3.05, 3.63) is 75.7 Å². The summed E-state index contributed by atoms with van der Waals surface area (Å²) in [6, 6.07) is 13.9. The Balaban J connectivity index is 1.60. The van der Waals surface area contributed by atoms with E-state index in [1.165, 1.54) is 11.8 Å². The largest absolute Gasteiger partial charge is 0.488 e. The monoisotopic (exact) mass is 362 g/mol. The lowest BCUT2D eigenvalue weighted by Gasteiger charge is -2.15. The molecule has 2 heterocycles. The zero-order chi connectivity index (χ0) is 18.1. The van der Waals surface area contributed by atoms with E-state index < -0.39 is 0 Å². The number of fused-ring (bicyclic) bond motifs is 1. The molecule has 0 radical (unpaired) electrons. The summed E-state index contributed by atoms with van der Waals surface area (Å²) in [7, 11) is 0. The van der Waals surface area contributed by atoms with E-state index in [0.717, 1.165) is 33.7 Å². The third-order valence-corrected chi connectivity index (χ3v) is 5.18. The Hall–Kier alpha value is -2.79. The van der Waals surface area contributed by atoms with E-state index >= 15 is 0 Å². The minimum Gasteiger partial charge on any atom is -0.488 e. The molecule has 0 aliphatic carbocycles. The molecule has 1 fully saturated rings. The first-order valence-electron chi connectivity index (χ1n) is 8.38. The molecular weight excluding hydrogens is 344 g/mol. The highest BCUT2D eigenvalue weighted by atomic mass is 32.2. The Morgan fingerprint density at radius 2 is 1.88 bits per heavy atom. The first kappa shape index (κ1) is 16.7. The number of aliphatic imine (C=N–C) groups is 1. The molecule has 0 spiro atoms. The Morgan fingerprint density at radius 3 is 2.69 bits per heavy atom. The highest BCUT2D eigenvalue weighted by molar-refractivity contribution is 8.18. The van der Waals surface area contributed by atoms with Crippen LogP contribution in [0.15, 0.2) is 64.0 Å². The maximum atomic E-state index is 12.3. The summed E-state index contributed by atoms with van der Waals surface area (Å²) in [6.45, 7) is 4.50. The van der Waals surface area contributed by atoms with Crippen LogP contribution in [0.25, 0.3) is 6.08 Å². The van der Waals surface area contributed by atoms with Crippen molar-refractivity contribution in [2.45, 2.75) is 13.8 Å². The van der Waals surface area contributed by atoms with E-state index in [2.05, 4.69) is 16.4 Å². The highest BCUT2D eigenvalue weighted by Crippen LogP contribution is 2.32. The number of carbonyl (C=O) groups is 1. The number of amides is 1. The smallest absolute Gasteiger partial charge is 0.264 e. The highest BCUT2D eigenvalue weighted by Gasteiger charge is 2.25. The topological polar surface area (TPSA) is 50.7 Å². The Bertz CT molecular complexity index is 969. The molecule has 26 heavy (non-hydrogen) atoms. The molecule has 1 N–H and O–H groups in total. The average molecular weight is 362 g/mol. The molecule has 4 rings (SSSR count). The third-order valence-electron chi connectivity index (χ3n) is 4.27. The van der Waals surface area contributed by atoms with E-state index in [1.807, 2.05) is 62.4 Å². The van der Waals surface area contributed by atoms with Gasteiger partial charge in [-0.15, -0.1) is 0 Å². The van der Waals surface area contributed by atoms with Gasteiger partial charge in [-0.25, -0.2) is 4.99 Å². The van der Waals surface area contributed by atoms with Crippen LogP contribution in [0, 0.1) is 13.8 Å². The number of rotatable bonds is 2. The van der Waals surface area contributed by atoms with Crippen LogP contribution in [-0.4, -0.2) is 17.7 Å². The van der Waals surface area contributed by atoms with Gasteiger partial charge in [0.05, 0.1) is 10.6 Å². The van der Waals surface area contributed by atoms with Gasteiger partial charge < -0.3 is 10.1 Å². The second-order valence-corrected chi connectivity index (χ2v) is 7.30. The SMILES string of the molecule is Cc1cccc(C)c1N=C1NC(=O)/C(=C/C2=Cc3ccccc3OC2)S1. The minimum atomic E-state index is -0.125. The summed E-state index contributed by atoms with van der Waals surface area (Å²) in [5.74, 6) is 0.746. The second kappa shape index (κ2) is 6.84. The number of aryl methyl sites for hydroxylation is 2. The molecular formula is C21H18N2O2S. The number of thioether (sulfide) groups is 1. The molecule has 1 saturated heterocycles. The van der Waals surface area contributed by atoms with Gasteiger partial charge in [-0.2, -0.15) is 0 Å². The standard InChI is InChI=1S/C21H18N2O2S/c1-13-6-5-7-14(2)19(13)22-21-23-20(24)18(26-21)11-15-10-16-8-3-4-9-17(16)25-12-15/h3-11H,12H2,1-2H3,(H,22,23,24)/b18-11-. The number of carbonyl (C=O) groups excluding carboxylic acids is 1. The maximum Gasteiger partial charge on any atom is 0.264 e. The minimum absolute atomic E-state index is 0.125. The number of benzene rings is 2. The van der Waals surface area contributed by atoms with Crippen molar-refractivity contribution in [3.8, 4) is 5.75 Å². The number of para-hydroxylation sites is 2. The van der Waals surface area contributed by atoms with Gasteiger partial charge in [-0.3, -0.25) is 4.79 Å². The number of nitrogens with zero attached hydrogens (tertiary/aromatic N) is 1. The fourth-order valence-corrected chi connectivity index (χ4v) is 3.79. The Kier molecular flexibility index (Phi) is 4.39. The molecule has 0 atom stereocenters. The van der Waals surface area contributed by atoms with Gasteiger partial charge >= 0.3 is 0 Å². The Labute approximate surface area is 156 Å². The van der Waals surface area contributed by atoms with Gasteiger partial charge in [0, 0.05) is 5.56 Å². The quantitative estimate of drug-likeness (QED) is 0.800. The van der Waals surface area contributed by atoms with Crippen molar-refractivity contribution >= 4 is 34.6 Å². The molecule has 2 aliphatic rings. The van der Waals surface area contributed by atoms with Gasteiger partial charge in [0.25, 0.3) is 5.91 Å². The zero-order valence-electron chi connectivity index (χ0n) is 14.6. The number of nitrogens with one attached hydrogen (secondary N) is 1. The summed E-state index contributed by atoms with van der Waals surface area (Å²) in [4.78, 5) is 17.6. The van der Waals surface area contributed by atoms with Crippen molar-refractivity contribution in [1.29, 1.82) is 0 Å². The fourth-order valence-electron chi connectivity index (χ4n) is 2.95. The molecule has 2 aromatic rings. The molecule has 130 valence electrons. The predicted octanol–water partition coefficient (Wildman–Crippen LogP) is 4.51. The first-order valence-corrected chi connectivity index (χ1v) is 9.20. The van der Waals surface area contributed by atoms with E-state index in [9.17, 15) is 4.79 Å². The van der Waals surface area contributed by atoms with Crippen LogP contribution in [-0.2, 0) is 4.79 Å². The van der Waals surface area contributed by atoms with Crippen molar-refractivity contribution in [2.24, 2.45) is 4.99 Å². The fraction of sp³-hybridized carbons (Fsp3) is 0.143. The molecule has 0 saturated carbocycles. The molecule has 0 aromatic heterocycles. The van der Waals surface area contributed by atoms with Gasteiger partial charge in [-0.1, -0.05) is 36.4 Å². The summed E-state index contributed by atoms with van der Waals surface area (Å²) in [5, 5.41) is 3.46. The second-order valence-electron chi connectivity index (χ2n) is 6.27. The summed E-state index contributed by atoms with van der Waals surface area (Å²) >= 11 is 1.36. The number of ether oxygens (including phenoxy) is 1. The average Bonchev–Trinajstić information content (AvgIpc) is 2.97. The van der Waals surface area contributed by atoms with Gasteiger partial charge in [0.2, 0.25) is 0 Å². The lowest BCUT2D eigenvalue weighted by molar-refractivity contribution is -0.115. The molecule has 0 bridgehead atoms. The van der Waals surface area contributed by atoms with Crippen molar-refractivity contribution in [3.63, 3.8) is 0 Å². The number of hydrogen-bond acceptors (Lipinski definition) is 4. The molecule has 0 unspecified atom stereocenters. The molecule has 1 amide bonds. The van der Waals surface area contributed by atoms with Crippen LogP contribution in [0.1, 0.15) is 16.7 Å². The summed E-state index contributed by atoms with van der Waals surface area (Å²) < 4.78 is 5.75. The van der Waals surface area contributed by atoms with Crippen LogP contribution in [0.5, 0.6) is 5.75 Å². The van der Waals surface area contributed by atoms with Crippen molar-refractivity contribution in [1.82, 2.24) is 5.32 Å². The molecule has 2 aliphatic heterocycles. The van der Waals surface area contributed by atoms with Crippen LogP contribution in [0.4, 0.5) is 5.69 Å².